The van der Waals surface area contributed by atoms with E-state index >= 15 is 0 Å². The third-order valence-corrected chi connectivity index (χ3v) is 6.68. The molecule has 0 unspecified atom stereocenters. The van der Waals surface area contributed by atoms with Crippen LogP contribution in [0.2, 0.25) is 0 Å². The van der Waals surface area contributed by atoms with Gasteiger partial charge < -0.3 is 10.2 Å². The molecule has 3 rings (SSSR count). The van der Waals surface area contributed by atoms with Crippen LogP contribution in [-0.2, 0) is 23.6 Å². The molecule has 1 saturated heterocycles. The van der Waals surface area contributed by atoms with E-state index in [1.165, 1.54) is 15.2 Å². The van der Waals surface area contributed by atoms with Crippen molar-refractivity contribution >= 4 is 21.6 Å². The summed E-state index contributed by atoms with van der Waals surface area (Å²) in [6, 6.07) is 7.81. The fourth-order valence-corrected chi connectivity index (χ4v) is 4.87. The highest BCUT2D eigenvalue weighted by Gasteiger charge is 2.33. The van der Waals surface area contributed by atoms with E-state index in [9.17, 15) is 13.2 Å². The van der Waals surface area contributed by atoms with Gasteiger partial charge in [-0.3, -0.25) is 9.48 Å². The van der Waals surface area contributed by atoms with Gasteiger partial charge in [-0.15, -0.1) is 0 Å². The molecule has 2 heterocycles. The Bertz CT molecular complexity index is 929. The Morgan fingerprint density at radius 2 is 1.79 bits per heavy atom. The van der Waals surface area contributed by atoms with Crippen molar-refractivity contribution in [3.05, 3.63) is 41.6 Å². The first-order valence-electron chi connectivity index (χ1n) is 9.37. The number of nitrogens with one attached hydrogen (secondary N) is 1. The number of piperidine rings is 1. The molecule has 8 nitrogen and oxygen atoms in total. The fourth-order valence-electron chi connectivity index (χ4n) is 3.23. The second kappa shape index (κ2) is 8.32. The van der Waals surface area contributed by atoms with Gasteiger partial charge in [0.05, 0.1) is 5.56 Å². The van der Waals surface area contributed by atoms with Gasteiger partial charge in [-0.1, -0.05) is 18.6 Å². The van der Waals surface area contributed by atoms with Crippen LogP contribution in [0.5, 0.6) is 0 Å². The minimum Gasteiger partial charge on any atom is -0.378 e. The number of carbonyl (C=O) groups is 1. The fraction of sp³-hybridized carbons (Fsp3) is 0.474. The van der Waals surface area contributed by atoms with Crippen molar-refractivity contribution in [3.63, 3.8) is 0 Å². The average Bonchev–Trinajstić information content (AvgIpc) is 3.10. The lowest BCUT2D eigenvalue weighted by Crippen LogP contribution is -2.37. The Kier molecular flexibility index (Phi) is 6.04. The van der Waals surface area contributed by atoms with E-state index in [1.807, 2.05) is 43.3 Å². The zero-order valence-electron chi connectivity index (χ0n) is 16.6. The molecule has 0 aliphatic carbocycles. The predicted octanol–water partition coefficient (Wildman–Crippen LogP) is 1.59. The van der Waals surface area contributed by atoms with E-state index in [0.29, 0.717) is 19.6 Å². The van der Waals surface area contributed by atoms with Crippen LogP contribution in [-0.4, -0.2) is 55.6 Å². The van der Waals surface area contributed by atoms with Crippen molar-refractivity contribution < 1.29 is 13.2 Å². The van der Waals surface area contributed by atoms with E-state index < -0.39 is 15.9 Å². The number of rotatable bonds is 6. The zero-order chi connectivity index (χ0) is 20.3. The van der Waals surface area contributed by atoms with Gasteiger partial charge in [0.2, 0.25) is 5.03 Å². The maximum atomic E-state index is 13.0. The molecule has 9 heteroatoms. The second-order valence-corrected chi connectivity index (χ2v) is 9.08. The minimum absolute atomic E-state index is 0.0815. The summed E-state index contributed by atoms with van der Waals surface area (Å²) in [5.41, 5.74) is 2.08. The number of nitrogens with zero attached hydrogens (tertiary/aromatic N) is 4. The van der Waals surface area contributed by atoms with Crippen LogP contribution in [0, 0.1) is 0 Å². The van der Waals surface area contributed by atoms with Crippen molar-refractivity contribution in [3.8, 4) is 0 Å². The number of hydrogen-bond donors (Lipinski definition) is 1. The quantitative estimate of drug-likeness (QED) is 0.789. The summed E-state index contributed by atoms with van der Waals surface area (Å²) in [5.74, 6) is -0.444. The Balaban J connectivity index is 1.75. The van der Waals surface area contributed by atoms with Gasteiger partial charge >= 0.3 is 0 Å². The lowest BCUT2D eigenvalue weighted by Gasteiger charge is -2.25. The van der Waals surface area contributed by atoms with Crippen LogP contribution in [0.1, 0.15) is 35.2 Å². The summed E-state index contributed by atoms with van der Waals surface area (Å²) in [5, 5.41) is 6.72. The van der Waals surface area contributed by atoms with Crippen molar-refractivity contribution in [2.24, 2.45) is 7.05 Å². The lowest BCUT2D eigenvalue weighted by atomic mass is 10.2. The largest absolute Gasteiger partial charge is 0.378 e. The first-order chi connectivity index (χ1) is 13.3. The number of sulfonamides is 1. The molecule has 28 heavy (non-hydrogen) atoms. The van der Waals surface area contributed by atoms with Gasteiger partial charge in [0, 0.05) is 52.7 Å². The van der Waals surface area contributed by atoms with E-state index in [4.69, 9.17) is 0 Å². The zero-order valence-corrected chi connectivity index (χ0v) is 17.4. The van der Waals surface area contributed by atoms with Crippen LogP contribution in [0.15, 0.2) is 35.5 Å². The highest BCUT2D eigenvalue weighted by Crippen LogP contribution is 2.22. The third kappa shape index (κ3) is 4.36. The first-order valence-corrected chi connectivity index (χ1v) is 10.8. The van der Waals surface area contributed by atoms with Gasteiger partial charge in [0.25, 0.3) is 15.9 Å². The maximum Gasteiger partial charge on any atom is 0.263 e. The van der Waals surface area contributed by atoms with E-state index in [0.717, 1.165) is 30.5 Å². The molecule has 1 aromatic carbocycles. The molecule has 1 fully saturated rings. The predicted molar refractivity (Wildman–Crippen MR) is 108 cm³/mol. The SMILES string of the molecule is CN(C)c1ccc(CNC(=O)c2cn(C)nc2S(=O)(=O)N2CCCCC2)cc1. The summed E-state index contributed by atoms with van der Waals surface area (Å²) in [6.45, 7) is 1.25. The molecule has 1 amide bonds. The average molecular weight is 406 g/mol. The van der Waals surface area contributed by atoms with Gasteiger partial charge in [0.15, 0.2) is 0 Å². The molecule has 1 aliphatic rings. The molecule has 0 atom stereocenters. The first kappa shape index (κ1) is 20.3. The van der Waals surface area contributed by atoms with Gasteiger partial charge in [-0.05, 0) is 30.5 Å². The molecular formula is C19H27N5O3S. The minimum atomic E-state index is -3.78. The number of anilines is 1. The Morgan fingerprint density at radius 3 is 2.39 bits per heavy atom. The normalized spacial score (nSPS) is 15.4. The molecule has 1 N–H and O–H groups in total. The number of hydrogen-bond acceptors (Lipinski definition) is 5. The summed E-state index contributed by atoms with van der Waals surface area (Å²) < 4.78 is 28.7. The van der Waals surface area contributed by atoms with Crippen molar-refractivity contribution in [1.82, 2.24) is 19.4 Å². The van der Waals surface area contributed by atoms with E-state index in [2.05, 4.69) is 10.4 Å². The molecule has 2 aromatic rings. The van der Waals surface area contributed by atoms with Crippen LogP contribution < -0.4 is 10.2 Å². The summed E-state index contributed by atoms with van der Waals surface area (Å²) in [4.78, 5) is 14.7. The second-order valence-electron chi connectivity index (χ2n) is 7.23. The number of carbonyl (C=O) groups excluding carboxylic acids is 1. The van der Waals surface area contributed by atoms with Crippen molar-refractivity contribution in [2.45, 2.75) is 30.8 Å². The molecular weight excluding hydrogens is 378 g/mol. The number of amides is 1. The third-order valence-electron chi connectivity index (χ3n) is 4.84. The van der Waals surface area contributed by atoms with Crippen LogP contribution >= 0.6 is 0 Å². The lowest BCUT2D eigenvalue weighted by molar-refractivity contribution is 0.0947. The monoisotopic (exact) mass is 405 g/mol. The maximum absolute atomic E-state index is 13.0. The number of aromatic nitrogens is 2. The van der Waals surface area contributed by atoms with Gasteiger partial charge in [0.1, 0.15) is 0 Å². The summed E-state index contributed by atoms with van der Waals surface area (Å²) >= 11 is 0. The van der Waals surface area contributed by atoms with Gasteiger partial charge in [-0.25, -0.2) is 8.42 Å². The standard InChI is InChI=1S/C19H27N5O3S/c1-22(2)16-9-7-15(8-10-16)13-20-18(25)17-14-23(3)21-19(17)28(26,27)24-11-5-4-6-12-24/h7-10,14H,4-6,11-13H2,1-3H3,(H,20,25). The highest BCUT2D eigenvalue weighted by molar-refractivity contribution is 7.89. The summed E-state index contributed by atoms with van der Waals surface area (Å²) in [6.07, 6.45) is 4.14. The Hall–Kier alpha value is -2.39. The van der Waals surface area contributed by atoms with Crippen LogP contribution in [0.3, 0.4) is 0 Å². The Labute approximate surface area is 166 Å². The Morgan fingerprint density at radius 1 is 1.14 bits per heavy atom. The van der Waals surface area contributed by atoms with Crippen molar-refractivity contribution in [1.29, 1.82) is 0 Å². The van der Waals surface area contributed by atoms with Gasteiger partial charge in [-0.2, -0.15) is 9.40 Å². The molecule has 152 valence electrons. The molecule has 0 radical (unpaired) electrons. The highest BCUT2D eigenvalue weighted by atomic mass is 32.2. The molecule has 1 aromatic heterocycles. The van der Waals surface area contributed by atoms with E-state index in [1.54, 1.807) is 7.05 Å². The van der Waals surface area contributed by atoms with E-state index in [-0.39, 0.29) is 10.6 Å². The van der Waals surface area contributed by atoms with Crippen molar-refractivity contribution in [2.75, 3.05) is 32.1 Å². The topological polar surface area (TPSA) is 87.5 Å². The molecule has 1 aliphatic heterocycles. The smallest absolute Gasteiger partial charge is 0.263 e. The van der Waals surface area contributed by atoms with Crippen LogP contribution in [0.25, 0.3) is 0 Å². The number of benzene rings is 1. The molecule has 0 spiro atoms. The number of aryl methyl sites for hydroxylation is 1. The molecule has 0 saturated carbocycles. The van der Waals surface area contributed by atoms with Crippen LogP contribution in [0.4, 0.5) is 5.69 Å². The molecule has 0 bridgehead atoms. The summed E-state index contributed by atoms with van der Waals surface area (Å²) in [7, 11) is 1.76.